The summed E-state index contributed by atoms with van der Waals surface area (Å²) in [5.41, 5.74) is 2.26. The molecule has 0 saturated carbocycles. The van der Waals surface area contributed by atoms with Gasteiger partial charge in [-0.15, -0.1) is 0 Å². The molecule has 1 aromatic heterocycles. The number of nitrogens with one attached hydrogen (secondary N) is 3. The van der Waals surface area contributed by atoms with E-state index in [-0.39, 0.29) is 5.91 Å². The highest BCUT2D eigenvalue weighted by atomic mass is 35.5. The number of halogens is 2. The topological polar surface area (TPSA) is 86.4 Å². The third kappa shape index (κ3) is 6.87. The predicted octanol–water partition coefficient (Wildman–Crippen LogP) is 5.28. The molecule has 1 fully saturated rings. The zero-order valence-electron chi connectivity index (χ0n) is 19.1. The maximum atomic E-state index is 13.2. The number of carbonyl (C=O) groups is 2. The molecule has 1 unspecified atom stereocenters. The van der Waals surface area contributed by atoms with E-state index >= 15 is 0 Å². The van der Waals surface area contributed by atoms with E-state index < -0.39 is 12.1 Å². The van der Waals surface area contributed by atoms with Crippen molar-refractivity contribution >= 4 is 46.5 Å². The summed E-state index contributed by atoms with van der Waals surface area (Å²) in [6.07, 6.45) is 5.52. The first-order valence-electron chi connectivity index (χ1n) is 11.5. The molecule has 2 heterocycles. The van der Waals surface area contributed by atoms with Crippen molar-refractivity contribution in [3.63, 3.8) is 0 Å². The van der Waals surface area contributed by atoms with Crippen molar-refractivity contribution in [3.05, 3.63) is 88.7 Å². The van der Waals surface area contributed by atoms with Gasteiger partial charge in [-0.2, -0.15) is 0 Å². The Hall–Kier alpha value is -3.29. The first kappa shape index (κ1) is 24.8. The number of aromatic nitrogens is 1. The van der Waals surface area contributed by atoms with Gasteiger partial charge < -0.3 is 20.9 Å². The normalized spacial score (nSPS) is 14.7. The van der Waals surface area contributed by atoms with Crippen molar-refractivity contribution in [2.75, 3.05) is 29.9 Å². The summed E-state index contributed by atoms with van der Waals surface area (Å²) in [6.45, 7) is 2.37. The highest BCUT2D eigenvalue weighted by molar-refractivity contribution is 6.31. The van der Waals surface area contributed by atoms with E-state index in [1.807, 2.05) is 12.1 Å². The molecule has 182 valence electrons. The summed E-state index contributed by atoms with van der Waals surface area (Å²) in [4.78, 5) is 32.3. The molecule has 35 heavy (non-hydrogen) atoms. The van der Waals surface area contributed by atoms with Crippen LogP contribution in [0.4, 0.5) is 16.2 Å². The van der Waals surface area contributed by atoms with Crippen LogP contribution in [0.5, 0.6) is 0 Å². The van der Waals surface area contributed by atoms with Crippen molar-refractivity contribution < 1.29 is 9.59 Å². The largest absolute Gasteiger partial charge is 0.371 e. The van der Waals surface area contributed by atoms with Gasteiger partial charge >= 0.3 is 6.03 Å². The van der Waals surface area contributed by atoms with E-state index in [0.29, 0.717) is 33.8 Å². The maximum absolute atomic E-state index is 13.2. The molecular formula is C26H27Cl2N5O2. The van der Waals surface area contributed by atoms with Gasteiger partial charge in [-0.05, 0) is 61.2 Å². The van der Waals surface area contributed by atoms with Gasteiger partial charge in [-0.1, -0.05) is 41.4 Å². The second kappa shape index (κ2) is 11.9. The molecule has 1 saturated heterocycles. The Morgan fingerprint density at radius 3 is 2.34 bits per heavy atom. The first-order chi connectivity index (χ1) is 17.0. The average molecular weight is 512 g/mol. The van der Waals surface area contributed by atoms with Gasteiger partial charge in [-0.25, -0.2) is 4.79 Å². The smallest absolute Gasteiger partial charge is 0.320 e. The molecule has 1 atom stereocenters. The van der Waals surface area contributed by atoms with E-state index in [1.165, 1.54) is 0 Å². The van der Waals surface area contributed by atoms with E-state index in [2.05, 4.69) is 25.8 Å². The summed E-state index contributed by atoms with van der Waals surface area (Å²) in [5, 5.41) is 9.48. The number of benzene rings is 2. The van der Waals surface area contributed by atoms with Gasteiger partial charge in [-0.3, -0.25) is 9.78 Å². The second-order valence-electron chi connectivity index (χ2n) is 8.44. The average Bonchev–Trinajstić information content (AvgIpc) is 2.88. The monoisotopic (exact) mass is 511 g/mol. The second-order valence-corrected chi connectivity index (χ2v) is 9.28. The van der Waals surface area contributed by atoms with Crippen LogP contribution >= 0.6 is 23.2 Å². The Labute approximate surface area is 214 Å². The molecule has 1 aliphatic heterocycles. The Morgan fingerprint density at radius 2 is 1.66 bits per heavy atom. The zero-order valence-corrected chi connectivity index (χ0v) is 20.6. The fourth-order valence-electron chi connectivity index (χ4n) is 4.12. The highest BCUT2D eigenvalue weighted by Crippen LogP contribution is 2.25. The van der Waals surface area contributed by atoms with Crippen molar-refractivity contribution in [2.45, 2.75) is 18.9 Å². The molecule has 1 aliphatic rings. The third-order valence-corrected chi connectivity index (χ3v) is 6.66. The summed E-state index contributed by atoms with van der Waals surface area (Å²) < 4.78 is 0. The Bertz CT molecular complexity index is 1140. The molecule has 9 heteroatoms. The standard InChI is InChI=1S/C26H27Cl2N5O2/c27-19-5-7-20(8-6-19)31-26(35)32-24(22-3-1-2-4-23(22)28)25(34)30-17-18-11-15-33(16-12-18)21-9-13-29-14-10-21/h1-10,13-14,18,24H,11-12,15-17H2,(H,30,34)(H2,31,32,35). The van der Waals surface area contributed by atoms with Crippen LogP contribution in [0.2, 0.25) is 10.0 Å². The minimum absolute atomic E-state index is 0.305. The molecular weight excluding hydrogens is 485 g/mol. The summed E-state index contributed by atoms with van der Waals surface area (Å²) in [5.74, 6) is 0.0488. The number of amides is 3. The van der Waals surface area contributed by atoms with Crippen LogP contribution in [-0.2, 0) is 4.79 Å². The molecule has 0 spiro atoms. The first-order valence-corrected chi connectivity index (χ1v) is 12.3. The number of rotatable bonds is 7. The van der Waals surface area contributed by atoms with Gasteiger partial charge in [0.2, 0.25) is 5.91 Å². The number of urea groups is 1. The van der Waals surface area contributed by atoms with E-state index in [9.17, 15) is 9.59 Å². The van der Waals surface area contributed by atoms with Crippen LogP contribution in [0.3, 0.4) is 0 Å². The predicted molar refractivity (Wildman–Crippen MR) is 140 cm³/mol. The summed E-state index contributed by atoms with van der Waals surface area (Å²) >= 11 is 12.3. The van der Waals surface area contributed by atoms with Gasteiger partial charge in [0.15, 0.2) is 0 Å². The number of hydrogen-bond acceptors (Lipinski definition) is 4. The SMILES string of the molecule is O=C(Nc1ccc(Cl)cc1)NC(C(=O)NCC1CCN(c2ccncc2)CC1)c1ccccc1Cl. The molecule has 3 amide bonds. The summed E-state index contributed by atoms with van der Waals surface area (Å²) in [6, 6.07) is 16.3. The maximum Gasteiger partial charge on any atom is 0.320 e. The highest BCUT2D eigenvalue weighted by Gasteiger charge is 2.26. The molecule has 0 radical (unpaired) electrons. The summed E-state index contributed by atoms with van der Waals surface area (Å²) in [7, 11) is 0. The Morgan fingerprint density at radius 1 is 0.971 bits per heavy atom. The number of pyridine rings is 1. The van der Waals surface area contributed by atoms with Gasteiger partial charge in [0, 0.05) is 59.0 Å². The molecule has 7 nitrogen and oxygen atoms in total. The van der Waals surface area contributed by atoms with Crippen LogP contribution < -0.4 is 20.9 Å². The molecule has 3 aromatic rings. The fourth-order valence-corrected chi connectivity index (χ4v) is 4.49. The van der Waals surface area contributed by atoms with Crippen LogP contribution in [0, 0.1) is 5.92 Å². The van der Waals surface area contributed by atoms with E-state index in [0.717, 1.165) is 31.6 Å². The zero-order chi connectivity index (χ0) is 24.6. The Kier molecular flexibility index (Phi) is 8.45. The number of nitrogens with zero attached hydrogens (tertiary/aromatic N) is 2. The molecule has 0 bridgehead atoms. The van der Waals surface area contributed by atoms with Crippen LogP contribution in [0.25, 0.3) is 0 Å². The lowest BCUT2D eigenvalue weighted by Gasteiger charge is -2.33. The van der Waals surface area contributed by atoms with E-state index in [1.54, 1.807) is 60.9 Å². The van der Waals surface area contributed by atoms with Crippen molar-refractivity contribution in [3.8, 4) is 0 Å². The van der Waals surface area contributed by atoms with Crippen molar-refractivity contribution in [1.29, 1.82) is 0 Å². The number of piperidine rings is 1. The van der Waals surface area contributed by atoms with Crippen molar-refractivity contribution in [1.82, 2.24) is 15.6 Å². The van der Waals surface area contributed by atoms with Crippen LogP contribution in [0.1, 0.15) is 24.4 Å². The molecule has 0 aliphatic carbocycles. The number of carbonyl (C=O) groups excluding carboxylic acids is 2. The molecule has 2 aromatic carbocycles. The van der Waals surface area contributed by atoms with Crippen LogP contribution in [0.15, 0.2) is 73.1 Å². The number of anilines is 2. The van der Waals surface area contributed by atoms with Crippen LogP contribution in [-0.4, -0.2) is 36.6 Å². The quantitative estimate of drug-likeness (QED) is 0.402. The van der Waals surface area contributed by atoms with Gasteiger partial charge in [0.1, 0.15) is 6.04 Å². The lowest BCUT2D eigenvalue weighted by Crippen LogP contribution is -2.44. The van der Waals surface area contributed by atoms with Gasteiger partial charge in [0.25, 0.3) is 0 Å². The number of hydrogen-bond donors (Lipinski definition) is 3. The van der Waals surface area contributed by atoms with Crippen molar-refractivity contribution in [2.24, 2.45) is 5.92 Å². The third-order valence-electron chi connectivity index (χ3n) is 6.06. The minimum Gasteiger partial charge on any atom is -0.371 e. The lowest BCUT2D eigenvalue weighted by molar-refractivity contribution is -0.123. The Balaban J connectivity index is 1.36. The van der Waals surface area contributed by atoms with Gasteiger partial charge in [0.05, 0.1) is 0 Å². The van der Waals surface area contributed by atoms with E-state index in [4.69, 9.17) is 23.2 Å². The molecule has 3 N–H and O–H groups in total. The fraction of sp³-hybridized carbons (Fsp3) is 0.269. The molecule has 4 rings (SSSR count). The lowest BCUT2D eigenvalue weighted by atomic mass is 9.96. The minimum atomic E-state index is -0.937.